The molecule has 0 unspecified atom stereocenters. The summed E-state index contributed by atoms with van der Waals surface area (Å²) in [5.74, 6) is 2.17. The van der Waals surface area contributed by atoms with Gasteiger partial charge in [-0.3, -0.25) is 4.98 Å². The van der Waals surface area contributed by atoms with Gasteiger partial charge in [0.1, 0.15) is 23.6 Å². The van der Waals surface area contributed by atoms with Crippen LogP contribution in [0.3, 0.4) is 0 Å². The number of rotatable bonds is 8. The van der Waals surface area contributed by atoms with Gasteiger partial charge in [-0.25, -0.2) is 14.8 Å². The molecule has 2 aromatic heterocycles. The van der Waals surface area contributed by atoms with Crippen LogP contribution in [0.5, 0.6) is 11.5 Å². The van der Waals surface area contributed by atoms with Gasteiger partial charge in [-0.15, -0.1) is 0 Å². The molecule has 0 bridgehead atoms. The summed E-state index contributed by atoms with van der Waals surface area (Å²) < 4.78 is 5.98. The van der Waals surface area contributed by atoms with E-state index in [0.717, 1.165) is 39.2 Å². The Morgan fingerprint density at radius 3 is 2.66 bits per heavy atom. The fourth-order valence-corrected chi connectivity index (χ4v) is 3.47. The Morgan fingerprint density at radius 1 is 1.00 bits per heavy atom. The van der Waals surface area contributed by atoms with Crippen molar-refractivity contribution < 1.29 is 9.53 Å². The predicted octanol–water partition coefficient (Wildman–Crippen LogP) is 5.51. The molecule has 8 nitrogen and oxygen atoms in total. The average molecular weight is 469 g/mol. The molecule has 0 radical (unpaired) electrons. The Labute approximate surface area is 204 Å². The van der Waals surface area contributed by atoms with Gasteiger partial charge in [0.25, 0.3) is 0 Å². The zero-order valence-corrected chi connectivity index (χ0v) is 20.0. The van der Waals surface area contributed by atoms with E-state index in [1.54, 1.807) is 12.5 Å². The second-order valence-electron chi connectivity index (χ2n) is 7.98. The van der Waals surface area contributed by atoms with E-state index in [2.05, 4.69) is 30.9 Å². The Bertz CT molecular complexity index is 1350. The number of nitrogens with one attached hydrogen (secondary N) is 3. The molecule has 3 N–H and O–H groups in total. The molecule has 0 saturated heterocycles. The summed E-state index contributed by atoms with van der Waals surface area (Å²) in [5.41, 5.74) is 4.64. The highest BCUT2D eigenvalue weighted by Gasteiger charge is 2.08. The van der Waals surface area contributed by atoms with Gasteiger partial charge < -0.3 is 20.7 Å². The number of aromatic nitrogens is 3. The second-order valence-corrected chi connectivity index (χ2v) is 7.98. The number of amides is 2. The Morgan fingerprint density at radius 2 is 1.89 bits per heavy atom. The summed E-state index contributed by atoms with van der Waals surface area (Å²) in [6, 6.07) is 15.5. The first-order valence-corrected chi connectivity index (χ1v) is 11.4. The van der Waals surface area contributed by atoms with Crippen LogP contribution < -0.4 is 20.7 Å². The normalized spacial score (nSPS) is 10.9. The molecule has 4 aromatic rings. The van der Waals surface area contributed by atoms with Crippen LogP contribution in [-0.4, -0.2) is 34.1 Å². The van der Waals surface area contributed by atoms with Gasteiger partial charge >= 0.3 is 6.03 Å². The predicted molar refractivity (Wildman–Crippen MR) is 139 cm³/mol. The van der Waals surface area contributed by atoms with E-state index >= 15 is 0 Å². The number of nitrogens with zero attached hydrogens (tertiary/aromatic N) is 3. The van der Waals surface area contributed by atoms with Gasteiger partial charge in [0.15, 0.2) is 0 Å². The number of ether oxygens (including phenoxy) is 1. The van der Waals surface area contributed by atoms with Crippen LogP contribution >= 0.6 is 0 Å². The minimum atomic E-state index is -0.183. The van der Waals surface area contributed by atoms with E-state index in [4.69, 9.17) is 4.74 Å². The number of aryl methyl sites for hydroxylation is 2. The van der Waals surface area contributed by atoms with Crippen molar-refractivity contribution in [3.8, 4) is 11.5 Å². The van der Waals surface area contributed by atoms with Gasteiger partial charge in [-0.1, -0.05) is 18.2 Å². The molecule has 0 fully saturated rings. The van der Waals surface area contributed by atoms with E-state index in [1.165, 1.54) is 0 Å². The first kappa shape index (κ1) is 23.7. The minimum Gasteiger partial charge on any atom is -0.455 e. The lowest BCUT2D eigenvalue weighted by atomic mass is 10.1. The van der Waals surface area contributed by atoms with E-state index < -0.39 is 0 Å². The molecule has 35 heavy (non-hydrogen) atoms. The number of fused-ring (bicyclic) bond motifs is 1. The highest BCUT2D eigenvalue weighted by Crippen LogP contribution is 2.30. The summed E-state index contributed by atoms with van der Waals surface area (Å²) in [6.45, 7) is 6.85. The van der Waals surface area contributed by atoms with Gasteiger partial charge in [0, 0.05) is 29.9 Å². The van der Waals surface area contributed by atoms with Gasteiger partial charge in [0.2, 0.25) is 0 Å². The molecule has 0 aliphatic carbocycles. The zero-order chi connectivity index (χ0) is 24.6. The molecule has 0 atom stereocenters. The Hall–Kier alpha value is -4.46. The molecule has 178 valence electrons. The first-order chi connectivity index (χ1) is 17.0. The highest BCUT2D eigenvalue weighted by molar-refractivity contribution is 5.92. The van der Waals surface area contributed by atoms with Crippen molar-refractivity contribution >= 4 is 34.5 Å². The topological polar surface area (TPSA) is 101 Å². The number of anilines is 2. The fraction of sp³-hybridized carbons (Fsp3) is 0.185. The van der Waals surface area contributed by atoms with Crippen LogP contribution in [0.15, 0.2) is 67.1 Å². The molecular formula is C27H28N6O2. The lowest BCUT2D eigenvalue weighted by Gasteiger charge is -2.12. The largest absolute Gasteiger partial charge is 0.455 e. The number of carbonyl (C=O) groups is 1. The zero-order valence-electron chi connectivity index (χ0n) is 20.0. The Kier molecular flexibility index (Phi) is 7.52. The van der Waals surface area contributed by atoms with Gasteiger partial charge in [0.05, 0.1) is 11.7 Å². The van der Waals surface area contributed by atoms with Crippen LogP contribution in [0.2, 0.25) is 0 Å². The molecule has 8 heteroatoms. The van der Waals surface area contributed by atoms with Crippen LogP contribution in [0.1, 0.15) is 23.7 Å². The summed E-state index contributed by atoms with van der Waals surface area (Å²) in [5, 5.41) is 9.78. The van der Waals surface area contributed by atoms with Crippen molar-refractivity contribution in [1.82, 2.24) is 25.6 Å². The van der Waals surface area contributed by atoms with E-state index in [-0.39, 0.29) is 6.03 Å². The number of hydrogen-bond acceptors (Lipinski definition) is 6. The number of urea groups is 1. The van der Waals surface area contributed by atoms with Crippen molar-refractivity contribution in [3.63, 3.8) is 0 Å². The maximum atomic E-state index is 11.5. The van der Waals surface area contributed by atoms with Crippen molar-refractivity contribution in [2.45, 2.75) is 20.8 Å². The maximum Gasteiger partial charge on any atom is 0.315 e. The Balaban J connectivity index is 1.49. The highest BCUT2D eigenvalue weighted by atomic mass is 16.5. The number of hydrogen-bond donors (Lipinski definition) is 3. The number of carbonyl (C=O) groups excluding carboxylic acids is 1. The molecule has 0 saturated carbocycles. The third kappa shape index (κ3) is 6.32. The summed E-state index contributed by atoms with van der Waals surface area (Å²) in [4.78, 5) is 24.6. The van der Waals surface area contributed by atoms with E-state index in [9.17, 15) is 4.79 Å². The molecule has 0 aliphatic rings. The second kappa shape index (κ2) is 11.1. The third-order valence-electron chi connectivity index (χ3n) is 5.24. The first-order valence-electron chi connectivity index (χ1n) is 11.4. The van der Waals surface area contributed by atoms with E-state index in [0.29, 0.717) is 24.7 Å². The van der Waals surface area contributed by atoms with Crippen LogP contribution in [0.25, 0.3) is 17.0 Å². The van der Waals surface area contributed by atoms with Crippen molar-refractivity contribution in [3.05, 3.63) is 84.0 Å². The SMILES string of the molecule is CCNC(=O)NCC=Cc1ccc2ncnc(Nc3ccc(Oc4ccc(C)nc4)c(C)c3)c2c1. The molecule has 4 rings (SSSR count). The van der Waals surface area contributed by atoms with Gasteiger partial charge in [-0.05, 0) is 74.4 Å². The summed E-state index contributed by atoms with van der Waals surface area (Å²) in [7, 11) is 0. The van der Waals surface area contributed by atoms with Crippen molar-refractivity contribution in [2.24, 2.45) is 0 Å². The lowest BCUT2D eigenvalue weighted by Crippen LogP contribution is -2.35. The summed E-state index contributed by atoms with van der Waals surface area (Å²) >= 11 is 0. The van der Waals surface area contributed by atoms with Crippen LogP contribution in [-0.2, 0) is 0 Å². The quantitative estimate of drug-likeness (QED) is 0.315. The fourth-order valence-electron chi connectivity index (χ4n) is 3.47. The molecule has 0 aliphatic heterocycles. The third-order valence-corrected chi connectivity index (χ3v) is 5.24. The summed E-state index contributed by atoms with van der Waals surface area (Å²) in [6.07, 6.45) is 7.12. The lowest BCUT2D eigenvalue weighted by molar-refractivity contribution is 0.242. The number of pyridine rings is 1. The monoisotopic (exact) mass is 468 g/mol. The average Bonchev–Trinajstić information content (AvgIpc) is 2.85. The minimum absolute atomic E-state index is 0.183. The molecule has 2 aromatic carbocycles. The molecular weight excluding hydrogens is 440 g/mol. The van der Waals surface area contributed by atoms with Gasteiger partial charge in [-0.2, -0.15) is 0 Å². The number of benzene rings is 2. The van der Waals surface area contributed by atoms with Crippen molar-refractivity contribution in [1.29, 1.82) is 0 Å². The molecule has 2 amide bonds. The van der Waals surface area contributed by atoms with E-state index in [1.807, 2.05) is 81.5 Å². The van der Waals surface area contributed by atoms with Crippen LogP contribution in [0, 0.1) is 13.8 Å². The molecule has 2 heterocycles. The maximum absolute atomic E-state index is 11.5. The standard InChI is InChI=1S/C27H28N6O2/c1-4-28-27(34)29-13-5-6-20-8-11-24-23(15-20)26(32-17-31-24)33-21-9-12-25(18(2)14-21)35-22-10-7-19(3)30-16-22/h5-12,14-17H,4,13H2,1-3H3,(H2,28,29,34)(H,31,32,33). The molecule has 0 spiro atoms. The van der Waals surface area contributed by atoms with Crippen LogP contribution in [0.4, 0.5) is 16.3 Å². The smallest absolute Gasteiger partial charge is 0.315 e. The van der Waals surface area contributed by atoms with Crippen molar-refractivity contribution in [2.75, 3.05) is 18.4 Å².